The van der Waals surface area contributed by atoms with Crippen LogP contribution in [0.3, 0.4) is 0 Å². The Hall–Kier alpha value is -3.39. The predicted octanol–water partition coefficient (Wildman–Crippen LogP) is -2.45. The summed E-state index contributed by atoms with van der Waals surface area (Å²) in [5.41, 5.74) is 10.7. The van der Waals surface area contributed by atoms with E-state index in [0.29, 0.717) is 0 Å². The molecular formula is C17H27N7O7. The fourth-order valence-corrected chi connectivity index (χ4v) is 2.85. The van der Waals surface area contributed by atoms with Crippen molar-refractivity contribution < 1.29 is 29.3 Å². The Kier molecular flexibility index (Phi) is 7.77. The summed E-state index contributed by atoms with van der Waals surface area (Å²) >= 11 is 0. The number of carboxylic acid groups (broad SMARTS) is 1. The van der Waals surface area contributed by atoms with Crippen molar-refractivity contribution in [2.75, 3.05) is 22.9 Å². The summed E-state index contributed by atoms with van der Waals surface area (Å²) < 4.78 is 5.19. The summed E-state index contributed by atoms with van der Waals surface area (Å²) in [6, 6.07) is -2.87. The van der Waals surface area contributed by atoms with Gasteiger partial charge in [-0.25, -0.2) is 0 Å². The number of aromatic nitrogens is 2. The average molecular weight is 441 g/mol. The van der Waals surface area contributed by atoms with Crippen LogP contribution in [-0.4, -0.2) is 74.9 Å². The second-order valence-corrected chi connectivity index (χ2v) is 7.21. The number of H-pyrrole nitrogens is 1. The highest BCUT2D eigenvalue weighted by Gasteiger charge is 2.32. The van der Waals surface area contributed by atoms with Crippen LogP contribution in [0.1, 0.15) is 26.7 Å². The van der Waals surface area contributed by atoms with Gasteiger partial charge in [-0.05, 0) is 20.3 Å². The minimum atomic E-state index is -1.21. The van der Waals surface area contributed by atoms with Crippen LogP contribution in [-0.2, 0) is 19.1 Å². The number of rotatable bonds is 9. The number of aliphatic hydroxyl groups excluding tert-OH is 1. The molecule has 10 N–H and O–H groups in total. The molecule has 0 unspecified atom stereocenters. The summed E-state index contributed by atoms with van der Waals surface area (Å²) in [6.07, 6.45) is -2.39. The lowest BCUT2D eigenvalue weighted by atomic mass is 10.0. The highest BCUT2D eigenvalue weighted by atomic mass is 16.6. The summed E-state index contributed by atoms with van der Waals surface area (Å²) in [4.78, 5) is 52.9. The van der Waals surface area contributed by atoms with Crippen LogP contribution < -0.4 is 33.0 Å². The van der Waals surface area contributed by atoms with Crippen LogP contribution in [0.15, 0.2) is 4.79 Å². The first-order valence-corrected chi connectivity index (χ1v) is 9.56. The predicted molar refractivity (Wildman–Crippen MR) is 109 cm³/mol. The maximum absolute atomic E-state index is 12.1. The first kappa shape index (κ1) is 23.9. The third kappa shape index (κ3) is 6.29. The van der Waals surface area contributed by atoms with Gasteiger partial charge in [0.1, 0.15) is 23.9 Å². The molecular weight excluding hydrogens is 414 g/mol. The molecule has 0 saturated carbocycles. The second kappa shape index (κ2) is 10.1. The van der Waals surface area contributed by atoms with Crippen molar-refractivity contribution in [3.8, 4) is 0 Å². The molecule has 172 valence electrons. The third-order valence-corrected chi connectivity index (χ3v) is 4.69. The number of hydrogen-bond acceptors (Lipinski definition) is 11. The number of hydrogen-bond donors (Lipinski definition) is 8. The molecule has 0 aromatic carbocycles. The lowest BCUT2D eigenvalue weighted by Gasteiger charge is -2.32. The molecule has 1 aliphatic rings. The summed E-state index contributed by atoms with van der Waals surface area (Å²) in [5.74, 6) is -2.41. The Labute approximate surface area is 176 Å². The highest BCUT2D eigenvalue weighted by Crippen LogP contribution is 2.22. The number of aromatic amines is 1. The van der Waals surface area contributed by atoms with Crippen molar-refractivity contribution in [1.82, 2.24) is 15.3 Å². The molecule has 31 heavy (non-hydrogen) atoms. The first-order valence-electron chi connectivity index (χ1n) is 9.56. The molecule has 0 saturated heterocycles. The van der Waals surface area contributed by atoms with Crippen LogP contribution in [0.4, 0.5) is 17.5 Å². The van der Waals surface area contributed by atoms with E-state index in [-0.39, 0.29) is 36.8 Å². The third-order valence-electron chi connectivity index (χ3n) is 4.69. The minimum Gasteiger partial charge on any atom is -0.480 e. The van der Waals surface area contributed by atoms with Crippen LogP contribution in [0, 0.1) is 0 Å². The monoisotopic (exact) mass is 441 g/mol. The Morgan fingerprint density at radius 1 is 1.35 bits per heavy atom. The van der Waals surface area contributed by atoms with Gasteiger partial charge in [0.05, 0.1) is 12.1 Å². The van der Waals surface area contributed by atoms with Crippen molar-refractivity contribution >= 4 is 35.3 Å². The van der Waals surface area contributed by atoms with E-state index in [1.807, 2.05) is 0 Å². The van der Waals surface area contributed by atoms with Gasteiger partial charge in [0.25, 0.3) is 5.56 Å². The maximum Gasteiger partial charge on any atom is 0.325 e. The van der Waals surface area contributed by atoms with Crippen molar-refractivity contribution in [1.29, 1.82) is 0 Å². The molecule has 0 radical (unpaired) electrons. The molecule has 0 bridgehead atoms. The Morgan fingerprint density at radius 2 is 2.03 bits per heavy atom. The molecule has 0 spiro atoms. The van der Waals surface area contributed by atoms with Gasteiger partial charge in [-0.2, -0.15) is 4.98 Å². The summed E-state index contributed by atoms with van der Waals surface area (Å²) in [7, 11) is 0. The van der Waals surface area contributed by atoms with E-state index < -0.39 is 53.7 Å². The van der Waals surface area contributed by atoms with Gasteiger partial charge >= 0.3 is 11.9 Å². The molecule has 14 nitrogen and oxygen atoms in total. The molecule has 1 aliphatic heterocycles. The molecule has 2 rings (SSSR count). The van der Waals surface area contributed by atoms with Crippen molar-refractivity contribution in [2.45, 2.75) is 57.0 Å². The van der Waals surface area contributed by atoms with Gasteiger partial charge in [0.15, 0.2) is 5.82 Å². The minimum absolute atomic E-state index is 0.0522. The number of aliphatic carboxylic acids is 1. The van der Waals surface area contributed by atoms with Crippen LogP contribution >= 0.6 is 0 Å². The highest BCUT2D eigenvalue weighted by molar-refractivity contribution is 5.86. The lowest BCUT2D eigenvalue weighted by molar-refractivity contribution is -0.154. The zero-order valence-electron chi connectivity index (χ0n) is 17.0. The Bertz CT molecular complexity index is 890. The quantitative estimate of drug-likeness (QED) is 0.186. The average Bonchev–Trinajstić information content (AvgIpc) is 2.70. The number of nitrogens with two attached hydrogens (primary N) is 2. The van der Waals surface area contributed by atoms with E-state index in [0.717, 1.165) is 0 Å². The maximum atomic E-state index is 12.1. The topological polar surface area (TPSA) is 235 Å². The molecule has 0 fully saturated rings. The van der Waals surface area contributed by atoms with E-state index in [1.165, 1.54) is 13.8 Å². The number of nitrogens with zero attached hydrogens (tertiary/aromatic N) is 1. The zero-order valence-corrected chi connectivity index (χ0v) is 17.0. The number of nitrogen functional groups attached to an aromatic ring is 1. The molecule has 14 heteroatoms. The zero-order chi connectivity index (χ0) is 23.3. The fourth-order valence-electron chi connectivity index (χ4n) is 2.85. The molecule has 1 amide bonds. The number of nitrogens with one attached hydrogen (secondary N) is 4. The molecule has 5 atom stereocenters. The molecule has 1 aromatic heterocycles. The molecule has 0 aliphatic carbocycles. The van der Waals surface area contributed by atoms with E-state index in [2.05, 4.69) is 25.9 Å². The second-order valence-electron chi connectivity index (χ2n) is 7.21. The van der Waals surface area contributed by atoms with Crippen LogP contribution in [0.2, 0.25) is 0 Å². The normalized spacial score (nSPS) is 18.9. The van der Waals surface area contributed by atoms with Crippen LogP contribution in [0.5, 0.6) is 0 Å². The number of carbonyl (C=O) groups excluding carboxylic acids is 2. The first-order chi connectivity index (χ1) is 14.5. The summed E-state index contributed by atoms with van der Waals surface area (Å²) in [5, 5.41) is 27.2. The number of esters is 1. The van der Waals surface area contributed by atoms with Crippen molar-refractivity contribution in [2.24, 2.45) is 5.73 Å². The SMILES string of the molecule is C[C@H](NC(=O)[C@H](N)CCC(=O)O[C@@H](C)[C@H](O)[C@H]1CNc2nc(N)[nH]c(=O)c2N1)C(=O)O. The van der Waals surface area contributed by atoms with Gasteiger partial charge in [-0.1, -0.05) is 0 Å². The molecule has 1 aromatic rings. The van der Waals surface area contributed by atoms with Crippen molar-refractivity contribution in [3.63, 3.8) is 0 Å². The number of ether oxygens (including phenoxy) is 1. The van der Waals surface area contributed by atoms with Gasteiger partial charge < -0.3 is 42.4 Å². The number of carboxylic acids is 1. The number of aliphatic hydroxyl groups is 1. The number of anilines is 3. The van der Waals surface area contributed by atoms with Gasteiger partial charge in [0, 0.05) is 13.0 Å². The van der Waals surface area contributed by atoms with Crippen LogP contribution in [0.25, 0.3) is 0 Å². The van der Waals surface area contributed by atoms with E-state index in [4.69, 9.17) is 21.3 Å². The van der Waals surface area contributed by atoms with Gasteiger partial charge in [-0.15, -0.1) is 0 Å². The fraction of sp³-hybridized carbons (Fsp3) is 0.588. The lowest BCUT2D eigenvalue weighted by Crippen LogP contribution is -2.50. The van der Waals surface area contributed by atoms with E-state index in [1.54, 1.807) is 0 Å². The Balaban J connectivity index is 1.83. The van der Waals surface area contributed by atoms with Gasteiger partial charge in [0.2, 0.25) is 11.9 Å². The number of fused-ring (bicyclic) bond motifs is 1. The summed E-state index contributed by atoms with van der Waals surface area (Å²) in [6.45, 7) is 2.96. The van der Waals surface area contributed by atoms with E-state index >= 15 is 0 Å². The standard InChI is InChI=1S/C17H27N7O7/c1-6(16(29)30)21-14(27)8(18)3-4-10(25)31-7(2)12(26)9-5-20-13-11(22-9)15(28)24-17(19)23-13/h6-9,12,22,26H,3-5,18H2,1-2H3,(H,21,27)(H,29,30)(H4,19,20,23,24,28)/t6-,7-,8+,9+,12-/m0/s1. The van der Waals surface area contributed by atoms with Crippen molar-refractivity contribution in [3.05, 3.63) is 10.4 Å². The molecule has 2 heterocycles. The number of amides is 1. The van der Waals surface area contributed by atoms with Gasteiger partial charge in [-0.3, -0.25) is 24.2 Å². The smallest absolute Gasteiger partial charge is 0.325 e. The Morgan fingerprint density at radius 3 is 2.68 bits per heavy atom. The largest absolute Gasteiger partial charge is 0.480 e. The van der Waals surface area contributed by atoms with E-state index in [9.17, 15) is 24.3 Å². The number of carbonyl (C=O) groups is 3.